The molecular formula is C28H41N3O2. The number of fused-ring (bicyclic) bond motifs is 3. The molecule has 33 heavy (non-hydrogen) atoms. The van der Waals surface area contributed by atoms with E-state index in [1.165, 1.54) is 38.6 Å². The number of aryl methyl sites for hydroxylation is 1. The number of aromatic nitrogens is 1. The molecule has 2 aromatic rings. The van der Waals surface area contributed by atoms with E-state index in [2.05, 4.69) is 55.6 Å². The summed E-state index contributed by atoms with van der Waals surface area (Å²) in [5.41, 5.74) is 3.28. The van der Waals surface area contributed by atoms with Gasteiger partial charge in [-0.05, 0) is 81.9 Å². The number of benzene rings is 1. The molecule has 2 bridgehead atoms. The fourth-order valence-electron chi connectivity index (χ4n) is 7.72. The predicted molar refractivity (Wildman–Crippen MR) is 134 cm³/mol. The van der Waals surface area contributed by atoms with E-state index in [0.717, 1.165) is 40.9 Å². The van der Waals surface area contributed by atoms with Crippen LogP contribution in [0.25, 0.3) is 10.9 Å². The number of likely N-dealkylation sites (tertiary alicyclic amines) is 1. The number of rotatable bonds is 6. The molecule has 0 spiro atoms. The molecule has 3 fully saturated rings. The Hall–Kier alpha value is -2.01. The summed E-state index contributed by atoms with van der Waals surface area (Å²) in [6.07, 6.45) is 7.37. The Morgan fingerprint density at radius 1 is 1.24 bits per heavy atom. The molecule has 4 atom stereocenters. The van der Waals surface area contributed by atoms with Crippen molar-refractivity contribution in [3.05, 3.63) is 29.5 Å². The van der Waals surface area contributed by atoms with Gasteiger partial charge < -0.3 is 19.5 Å². The number of nitrogens with one attached hydrogen (secondary N) is 1. The molecule has 2 heterocycles. The van der Waals surface area contributed by atoms with Crippen LogP contribution in [-0.4, -0.2) is 48.2 Å². The third kappa shape index (κ3) is 3.50. The molecule has 2 unspecified atom stereocenters. The maximum Gasteiger partial charge on any atom is 0.253 e. The van der Waals surface area contributed by atoms with E-state index in [1.807, 2.05) is 12.1 Å². The molecule has 1 saturated heterocycles. The fourth-order valence-corrected chi connectivity index (χ4v) is 7.72. The first-order chi connectivity index (χ1) is 15.7. The predicted octanol–water partition coefficient (Wildman–Crippen LogP) is 5.39. The summed E-state index contributed by atoms with van der Waals surface area (Å²) in [6, 6.07) is 6.94. The normalized spacial score (nSPS) is 30.9. The highest BCUT2D eigenvalue weighted by Crippen LogP contribution is 2.62. The van der Waals surface area contributed by atoms with Crippen LogP contribution >= 0.6 is 0 Å². The molecule has 2 saturated carbocycles. The highest BCUT2D eigenvalue weighted by molar-refractivity contribution is 6.09. The Labute approximate surface area is 198 Å². The van der Waals surface area contributed by atoms with Crippen molar-refractivity contribution in [2.24, 2.45) is 16.7 Å². The lowest BCUT2D eigenvalue weighted by Gasteiger charge is -2.43. The highest BCUT2D eigenvalue weighted by Gasteiger charge is 2.59. The van der Waals surface area contributed by atoms with Crippen molar-refractivity contribution >= 4 is 16.8 Å². The highest BCUT2D eigenvalue weighted by atomic mass is 16.5. The van der Waals surface area contributed by atoms with Crippen molar-refractivity contribution in [2.75, 3.05) is 20.7 Å². The lowest BCUT2D eigenvalue weighted by Crippen LogP contribution is -2.52. The first kappa shape index (κ1) is 22.8. The quantitative estimate of drug-likeness (QED) is 0.641. The first-order valence-corrected chi connectivity index (χ1v) is 12.8. The molecule has 1 aromatic heterocycles. The number of nitrogens with zero attached hydrogens (tertiary/aromatic N) is 2. The second kappa shape index (κ2) is 8.04. The number of hydrogen-bond donors (Lipinski definition) is 1. The molecular weight excluding hydrogens is 410 g/mol. The molecule has 5 heteroatoms. The van der Waals surface area contributed by atoms with E-state index >= 15 is 0 Å². The Balaban J connectivity index is 1.50. The van der Waals surface area contributed by atoms with Gasteiger partial charge in [-0.25, -0.2) is 0 Å². The van der Waals surface area contributed by atoms with Gasteiger partial charge in [-0.15, -0.1) is 0 Å². The smallest absolute Gasteiger partial charge is 0.253 e. The molecule has 2 aliphatic carbocycles. The second-order valence-electron chi connectivity index (χ2n) is 11.9. The maximum atomic E-state index is 13.9. The number of hydrogen-bond acceptors (Lipinski definition) is 3. The van der Waals surface area contributed by atoms with Gasteiger partial charge in [0.25, 0.3) is 5.91 Å². The number of methoxy groups -OCH3 is 1. The lowest BCUT2D eigenvalue weighted by atomic mass is 9.68. The lowest BCUT2D eigenvalue weighted by molar-refractivity contribution is 0.0738. The van der Waals surface area contributed by atoms with Crippen LogP contribution in [0.3, 0.4) is 0 Å². The van der Waals surface area contributed by atoms with E-state index in [0.29, 0.717) is 12.0 Å². The second-order valence-corrected chi connectivity index (χ2v) is 11.9. The van der Waals surface area contributed by atoms with Crippen LogP contribution in [0.1, 0.15) is 75.3 Å². The van der Waals surface area contributed by atoms with Crippen LogP contribution in [0.2, 0.25) is 0 Å². The van der Waals surface area contributed by atoms with Crippen molar-refractivity contribution in [3.63, 3.8) is 0 Å². The molecule has 1 aromatic carbocycles. The van der Waals surface area contributed by atoms with Gasteiger partial charge in [0, 0.05) is 29.7 Å². The zero-order valence-electron chi connectivity index (χ0n) is 21.3. The van der Waals surface area contributed by atoms with Crippen LogP contribution in [0.5, 0.6) is 5.75 Å². The van der Waals surface area contributed by atoms with E-state index in [1.54, 1.807) is 7.11 Å². The van der Waals surface area contributed by atoms with Gasteiger partial charge in [0.15, 0.2) is 0 Å². The molecule has 1 N–H and O–H groups in total. The molecule has 0 radical (unpaired) electrons. The fraction of sp³-hybridized carbons (Fsp3) is 0.679. The summed E-state index contributed by atoms with van der Waals surface area (Å²) < 4.78 is 8.11. The van der Waals surface area contributed by atoms with Gasteiger partial charge in [0.2, 0.25) is 0 Å². The van der Waals surface area contributed by atoms with Crippen LogP contribution in [-0.2, 0) is 6.54 Å². The van der Waals surface area contributed by atoms with Gasteiger partial charge in [-0.1, -0.05) is 32.9 Å². The van der Waals surface area contributed by atoms with Gasteiger partial charge >= 0.3 is 0 Å². The van der Waals surface area contributed by atoms with Crippen LogP contribution in [0.4, 0.5) is 0 Å². The SMILES string of the molecule is COc1cccc2c(C(=O)N[C@@H]3C(C)(C)C4CC[C@@]3(C)C4)c(C)n(CCC3CCCN3C)c12. The number of ether oxygens (including phenoxy) is 1. The Morgan fingerprint density at radius 3 is 2.67 bits per heavy atom. The number of carbonyl (C=O) groups is 1. The van der Waals surface area contributed by atoms with Gasteiger partial charge in [-0.3, -0.25) is 4.79 Å². The average Bonchev–Trinajstić information content (AvgIpc) is 3.49. The minimum atomic E-state index is 0.0781. The molecule has 1 amide bonds. The van der Waals surface area contributed by atoms with E-state index < -0.39 is 0 Å². The van der Waals surface area contributed by atoms with Gasteiger partial charge in [0.05, 0.1) is 18.2 Å². The number of carbonyl (C=O) groups excluding carboxylic acids is 1. The van der Waals surface area contributed by atoms with Crippen LogP contribution in [0.15, 0.2) is 18.2 Å². The van der Waals surface area contributed by atoms with Crippen molar-refractivity contribution in [1.82, 2.24) is 14.8 Å². The summed E-state index contributed by atoms with van der Waals surface area (Å²) in [6.45, 7) is 11.3. The molecule has 3 aliphatic rings. The van der Waals surface area contributed by atoms with Gasteiger partial charge in [-0.2, -0.15) is 0 Å². The third-order valence-corrected chi connectivity index (χ3v) is 9.65. The maximum absolute atomic E-state index is 13.9. The summed E-state index contributed by atoms with van der Waals surface area (Å²) in [4.78, 5) is 16.4. The van der Waals surface area contributed by atoms with E-state index in [4.69, 9.17) is 4.74 Å². The molecule has 1 aliphatic heterocycles. The molecule has 180 valence electrons. The number of para-hydroxylation sites is 1. The summed E-state index contributed by atoms with van der Waals surface area (Å²) in [7, 11) is 3.96. The van der Waals surface area contributed by atoms with Crippen molar-refractivity contribution in [2.45, 2.75) is 84.8 Å². The third-order valence-electron chi connectivity index (χ3n) is 9.65. The minimum Gasteiger partial charge on any atom is -0.495 e. The Kier molecular flexibility index (Phi) is 5.55. The topological polar surface area (TPSA) is 46.5 Å². The first-order valence-electron chi connectivity index (χ1n) is 12.8. The van der Waals surface area contributed by atoms with Crippen LogP contribution in [0, 0.1) is 23.7 Å². The Bertz CT molecular complexity index is 1070. The van der Waals surface area contributed by atoms with Crippen LogP contribution < -0.4 is 10.1 Å². The van der Waals surface area contributed by atoms with Crippen molar-refractivity contribution < 1.29 is 9.53 Å². The van der Waals surface area contributed by atoms with E-state index in [-0.39, 0.29) is 22.8 Å². The van der Waals surface area contributed by atoms with E-state index in [9.17, 15) is 4.79 Å². The summed E-state index contributed by atoms with van der Waals surface area (Å²) in [5, 5.41) is 4.55. The standard InChI is InChI=1S/C28H41N3O2/c1-18-23(25(32)29-26-27(2,3)19-12-14-28(26,4)17-19)21-10-7-11-22(33-6)24(21)31(18)16-13-20-9-8-15-30(20)5/h7,10-11,19-20,26H,8-9,12-17H2,1-6H3,(H,29,32)/t19?,20?,26-,28+/m1/s1. The number of amides is 1. The average molecular weight is 452 g/mol. The minimum absolute atomic E-state index is 0.0781. The summed E-state index contributed by atoms with van der Waals surface area (Å²) in [5.74, 6) is 1.63. The largest absolute Gasteiger partial charge is 0.495 e. The molecule has 5 nitrogen and oxygen atoms in total. The zero-order valence-corrected chi connectivity index (χ0v) is 21.3. The zero-order chi connectivity index (χ0) is 23.5. The van der Waals surface area contributed by atoms with Crippen molar-refractivity contribution in [1.29, 1.82) is 0 Å². The molecule has 5 rings (SSSR count). The summed E-state index contributed by atoms with van der Waals surface area (Å²) >= 11 is 0. The monoisotopic (exact) mass is 451 g/mol. The Morgan fingerprint density at radius 2 is 2.03 bits per heavy atom. The van der Waals surface area contributed by atoms with Gasteiger partial charge in [0.1, 0.15) is 5.75 Å². The van der Waals surface area contributed by atoms with Crippen molar-refractivity contribution in [3.8, 4) is 5.75 Å².